The van der Waals surface area contributed by atoms with Crippen LogP contribution in [0.1, 0.15) is 5.01 Å². The van der Waals surface area contributed by atoms with Gasteiger partial charge >= 0.3 is 0 Å². The van der Waals surface area contributed by atoms with Crippen molar-refractivity contribution >= 4 is 49.8 Å². The van der Waals surface area contributed by atoms with Gasteiger partial charge in [0, 0.05) is 9.26 Å². The number of hydrogen-bond donors (Lipinski definition) is 1. The minimum absolute atomic E-state index is 0.778. The molecule has 1 N–H and O–H groups in total. The Balaban J connectivity index is 1.74. The van der Waals surface area contributed by atoms with Crippen molar-refractivity contribution in [1.29, 1.82) is 0 Å². The van der Waals surface area contributed by atoms with Gasteiger partial charge in [-0.2, -0.15) is 0 Å². The number of halogens is 1. The fraction of sp³-hybridized carbons (Fsp3) is 0.0714. The van der Waals surface area contributed by atoms with Crippen LogP contribution in [0, 0.1) is 3.57 Å². The molecule has 0 fully saturated rings. The van der Waals surface area contributed by atoms with E-state index in [-0.39, 0.29) is 0 Å². The maximum absolute atomic E-state index is 4.60. The summed E-state index contributed by atoms with van der Waals surface area (Å²) in [6.07, 6.45) is 0. The summed E-state index contributed by atoms with van der Waals surface area (Å²) in [4.78, 5) is 4.60. The molecule has 2 nitrogen and oxygen atoms in total. The van der Waals surface area contributed by atoms with Crippen LogP contribution in [0.5, 0.6) is 0 Å². The maximum Gasteiger partial charge on any atom is 0.113 e. The van der Waals surface area contributed by atoms with Gasteiger partial charge in [-0.1, -0.05) is 12.1 Å². The van der Waals surface area contributed by atoms with Gasteiger partial charge in [0.2, 0.25) is 0 Å². The van der Waals surface area contributed by atoms with Crippen LogP contribution in [0.4, 0.5) is 5.69 Å². The van der Waals surface area contributed by atoms with Crippen LogP contribution in [0.25, 0.3) is 10.2 Å². The third-order valence-corrected chi connectivity index (χ3v) is 4.38. The third-order valence-electron chi connectivity index (χ3n) is 2.63. The summed E-state index contributed by atoms with van der Waals surface area (Å²) >= 11 is 4.05. The van der Waals surface area contributed by atoms with E-state index >= 15 is 0 Å². The number of aromatic nitrogens is 1. The number of rotatable bonds is 3. The summed E-state index contributed by atoms with van der Waals surface area (Å²) in [6, 6.07) is 16.6. The van der Waals surface area contributed by atoms with Crippen LogP contribution in [0.3, 0.4) is 0 Å². The molecular formula is C14H11IN2S. The summed E-state index contributed by atoms with van der Waals surface area (Å²) < 4.78 is 2.50. The first-order valence-electron chi connectivity index (χ1n) is 5.65. The van der Waals surface area contributed by atoms with Gasteiger partial charge in [-0.3, -0.25) is 0 Å². The molecule has 0 unspecified atom stereocenters. The summed E-state index contributed by atoms with van der Waals surface area (Å²) in [5.74, 6) is 0. The van der Waals surface area contributed by atoms with Gasteiger partial charge in [-0.25, -0.2) is 4.98 Å². The molecule has 0 spiro atoms. The van der Waals surface area contributed by atoms with Crippen LogP contribution in [0.15, 0.2) is 48.5 Å². The Hall–Kier alpha value is -1.14. The van der Waals surface area contributed by atoms with Gasteiger partial charge in [-0.05, 0) is 59.0 Å². The van der Waals surface area contributed by atoms with E-state index in [9.17, 15) is 0 Å². The normalized spacial score (nSPS) is 10.7. The highest BCUT2D eigenvalue weighted by atomic mass is 127. The number of nitrogens with one attached hydrogen (secondary N) is 1. The zero-order valence-electron chi connectivity index (χ0n) is 9.56. The van der Waals surface area contributed by atoms with Crippen molar-refractivity contribution in [3.8, 4) is 0 Å². The Morgan fingerprint density at radius 2 is 1.83 bits per heavy atom. The second kappa shape index (κ2) is 5.24. The standard InChI is InChI=1S/C14H11IN2S/c15-10-5-7-11(8-6-10)16-9-14-17-12-3-1-2-4-13(12)18-14/h1-8,16H,9H2. The molecule has 1 heterocycles. The van der Waals surface area contributed by atoms with E-state index < -0.39 is 0 Å². The average molecular weight is 366 g/mol. The molecule has 3 aromatic rings. The van der Waals surface area contributed by atoms with E-state index in [0.29, 0.717) is 0 Å². The second-order valence-corrected chi connectivity index (χ2v) is 6.30. The molecule has 0 saturated heterocycles. The van der Waals surface area contributed by atoms with Crippen molar-refractivity contribution in [2.24, 2.45) is 0 Å². The SMILES string of the molecule is Ic1ccc(NCc2nc3ccccc3s2)cc1. The Morgan fingerprint density at radius 3 is 2.61 bits per heavy atom. The molecule has 0 aliphatic heterocycles. The van der Waals surface area contributed by atoms with E-state index in [4.69, 9.17) is 0 Å². The highest BCUT2D eigenvalue weighted by Gasteiger charge is 2.02. The fourth-order valence-electron chi connectivity index (χ4n) is 1.74. The first-order chi connectivity index (χ1) is 8.81. The molecule has 0 amide bonds. The number of fused-ring (bicyclic) bond motifs is 1. The minimum atomic E-state index is 0.778. The zero-order valence-corrected chi connectivity index (χ0v) is 12.5. The first kappa shape index (κ1) is 11.9. The second-order valence-electron chi connectivity index (χ2n) is 3.94. The number of anilines is 1. The van der Waals surface area contributed by atoms with Gasteiger partial charge < -0.3 is 5.32 Å². The lowest BCUT2D eigenvalue weighted by Gasteiger charge is -2.03. The van der Waals surface area contributed by atoms with Crippen LogP contribution in [-0.4, -0.2) is 4.98 Å². The Morgan fingerprint density at radius 1 is 1.06 bits per heavy atom. The van der Waals surface area contributed by atoms with Crippen LogP contribution in [0.2, 0.25) is 0 Å². The zero-order chi connectivity index (χ0) is 12.4. The van der Waals surface area contributed by atoms with E-state index in [1.165, 1.54) is 8.27 Å². The Bertz CT molecular complexity index is 628. The quantitative estimate of drug-likeness (QED) is 0.690. The maximum atomic E-state index is 4.60. The van der Waals surface area contributed by atoms with Crippen molar-refractivity contribution < 1.29 is 0 Å². The predicted octanol–water partition coefficient (Wildman–Crippen LogP) is 4.51. The topological polar surface area (TPSA) is 24.9 Å². The predicted molar refractivity (Wildman–Crippen MR) is 86.1 cm³/mol. The van der Waals surface area contributed by atoms with E-state index in [1.807, 2.05) is 6.07 Å². The Labute approximate surface area is 123 Å². The van der Waals surface area contributed by atoms with Crippen molar-refractivity contribution in [3.05, 3.63) is 57.1 Å². The third kappa shape index (κ3) is 2.64. The summed E-state index contributed by atoms with van der Waals surface area (Å²) in [6.45, 7) is 0.778. The van der Waals surface area contributed by atoms with Crippen LogP contribution >= 0.6 is 33.9 Å². The summed E-state index contributed by atoms with van der Waals surface area (Å²) in [5.41, 5.74) is 2.22. The van der Waals surface area contributed by atoms with E-state index in [1.54, 1.807) is 11.3 Å². The van der Waals surface area contributed by atoms with Crippen LogP contribution < -0.4 is 5.32 Å². The van der Waals surface area contributed by atoms with Gasteiger partial charge in [0.1, 0.15) is 5.01 Å². The molecule has 0 aliphatic carbocycles. The monoisotopic (exact) mass is 366 g/mol. The molecule has 1 aromatic heterocycles. The lowest BCUT2D eigenvalue weighted by molar-refractivity contribution is 1.12. The van der Waals surface area contributed by atoms with E-state index in [0.717, 1.165) is 22.8 Å². The highest BCUT2D eigenvalue weighted by Crippen LogP contribution is 2.22. The number of benzene rings is 2. The van der Waals surface area contributed by atoms with Crippen molar-refractivity contribution in [2.75, 3.05) is 5.32 Å². The molecule has 2 aromatic carbocycles. The van der Waals surface area contributed by atoms with Gasteiger partial charge in [-0.15, -0.1) is 11.3 Å². The lowest BCUT2D eigenvalue weighted by atomic mass is 10.3. The number of hydrogen-bond acceptors (Lipinski definition) is 3. The van der Waals surface area contributed by atoms with E-state index in [2.05, 4.69) is 75.4 Å². The van der Waals surface area contributed by atoms with Crippen molar-refractivity contribution in [1.82, 2.24) is 4.98 Å². The Kier molecular flexibility index (Phi) is 3.47. The molecule has 0 atom stereocenters. The van der Waals surface area contributed by atoms with Gasteiger partial charge in [0.25, 0.3) is 0 Å². The molecule has 0 saturated carbocycles. The van der Waals surface area contributed by atoms with Gasteiger partial charge in [0.15, 0.2) is 0 Å². The van der Waals surface area contributed by atoms with Crippen LogP contribution in [-0.2, 0) is 6.54 Å². The molecule has 90 valence electrons. The molecular weight excluding hydrogens is 355 g/mol. The molecule has 0 bridgehead atoms. The largest absolute Gasteiger partial charge is 0.379 e. The molecule has 18 heavy (non-hydrogen) atoms. The number of thiazole rings is 1. The minimum Gasteiger partial charge on any atom is -0.379 e. The number of nitrogens with zero attached hydrogens (tertiary/aromatic N) is 1. The first-order valence-corrected chi connectivity index (χ1v) is 7.55. The highest BCUT2D eigenvalue weighted by molar-refractivity contribution is 14.1. The molecule has 0 radical (unpaired) electrons. The molecule has 3 rings (SSSR count). The fourth-order valence-corrected chi connectivity index (χ4v) is 3.01. The lowest BCUT2D eigenvalue weighted by Crippen LogP contribution is -1.98. The molecule has 4 heteroatoms. The summed E-state index contributed by atoms with van der Waals surface area (Å²) in [7, 11) is 0. The molecule has 0 aliphatic rings. The summed E-state index contributed by atoms with van der Waals surface area (Å²) in [5, 5.41) is 4.51. The van der Waals surface area contributed by atoms with Gasteiger partial charge in [0.05, 0.1) is 16.8 Å². The van der Waals surface area contributed by atoms with Crippen molar-refractivity contribution in [2.45, 2.75) is 6.54 Å². The van der Waals surface area contributed by atoms with Crippen molar-refractivity contribution in [3.63, 3.8) is 0 Å². The number of para-hydroxylation sites is 1. The smallest absolute Gasteiger partial charge is 0.113 e. The average Bonchev–Trinajstić information content (AvgIpc) is 2.81.